The van der Waals surface area contributed by atoms with Crippen LogP contribution in [0.15, 0.2) is 40.0 Å². The van der Waals surface area contributed by atoms with Gasteiger partial charge in [-0.15, -0.1) is 0 Å². The third-order valence-electron chi connectivity index (χ3n) is 4.53. The van der Waals surface area contributed by atoms with E-state index in [0.717, 1.165) is 51.3 Å². The molecule has 1 atom stereocenters. The Morgan fingerprint density at radius 1 is 1.38 bits per heavy atom. The lowest BCUT2D eigenvalue weighted by molar-refractivity contribution is -0.141. The molecular formula is C18H19BrN2O3. The minimum Gasteiger partial charge on any atom is -0.480 e. The highest BCUT2D eigenvalue weighted by atomic mass is 79.9. The van der Waals surface area contributed by atoms with Crippen molar-refractivity contribution in [3.05, 3.63) is 45.6 Å². The van der Waals surface area contributed by atoms with Crippen LogP contribution in [0.2, 0.25) is 0 Å². The number of halogens is 1. The fourth-order valence-corrected chi connectivity index (χ4v) is 3.86. The summed E-state index contributed by atoms with van der Waals surface area (Å²) in [5, 5.41) is 13.2. The second-order valence-corrected chi connectivity index (χ2v) is 7.01. The smallest absolute Gasteiger partial charge is 0.326 e. The first-order valence-electron chi connectivity index (χ1n) is 7.94. The van der Waals surface area contributed by atoms with Gasteiger partial charge in [0.1, 0.15) is 6.04 Å². The number of carboxylic acids is 1. The molecule has 1 aromatic carbocycles. The van der Waals surface area contributed by atoms with E-state index in [2.05, 4.69) is 26.2 Å². The predicted octanol–water partition coefficient (Wildman–Crippen LogP) is 3.54. The van der Waals surface area contributed by atoms with Crippen molar-refractivity contribution in [3.63, 3.8) is 0 Å². The number of aromatic amines is 1. The Kier molecular flexibility index (Phi) is 4.76. The second-order valence-electron chi connectivity index (χ2n) is 6.16. The van der Waals surface area contributed by atoms with E-state index in [-0.39, 0.29) is 12.3 Å². The molecule has 1 aliphatic rings. The van der Waals surface area contributed by atoms with Crippen LogP contribution in [0.5, 0.6) is 0 Å². The van der Waals surface area contributed by atoms with Crippen LogP contribution < -0.4 is 5.32 Å². The van der Waals surface area contributed by atoms with Crippen LogP contribution in [0.4, 0.5) is 0 Å². The number of amides is 1. The molecule has 0 bridgehead atoms. The Hall–Kier alpha value is -2.08. The van der Waals surface area contributed by atoms with Crippen molar-refractivity contribution in [2.45, 2.75) is 38.6 Å². The number of carboxylic acid groups (broad SMARTS) is 1. The minimum atomic E-state index is -1.03. The molecule has 0 saturated carbocycles. The van der Waals surface area contributed by atoms with Gasteiger partial charge in [-0.3, -0.25) is 4.79 Å². The summed E-state index contributed by atoms with van der Waals surface area (Å²) >= 11 is 3.50. The Labute approximate surface area is 148 Å². The zero-order valence-electron chi connectivity index (χ0n) is 13.4. The summed E-state index contributed by atoms with van der Waals surface area (Å²) in [4.78, 5) is 27.1. The van der Waals surface area contributed by atoms with Gasteiger partial charge >= 0.3 is 5.97 Å². The number of aromatic nitrogens is 1. The van der Waals surface area contributed by atoms with Gasteiger partial charge in [-0.25, -0.2) is 4.79 Å². The van der Waals surface area contributed by atoms with Crippen LogP contribution in [0.3, 0.4) is 0 Å². The topological polar surface area (TPSA) is 82.2 Å². The average molecular weight is 391 g/mol. The molecule has 3 N–H and O–H groups in total. The van der Waals surface area contributed by atoms with Crippen molar-refractivity contribution < 1.29 is 14.7 Å². The number of carbonyl (C=O) groups is 2. The molecule has 24 heavy (non-hydrogen) atoms. The van der Waals surface area contributed by atoms with Crippen molar-refractivity contribution >= 4 is 38.7 Å². The molecule has 1 amide bonds. The number of benzene rings is 1. The van der Waals surface area contributed by atoms with E-state index in [9.17, 15) is 14.7 Å². The number of nitrogens with one attached hydrogen (secondary N) is 2. The van der Waals surface area contributed by atoms with Gasteiger partial charge in [0, 0.05) is 33.6 Å². The highest BCUT2D eigenvalue weighted by molar-refractivity contribution is 9.10. The Morgan fingerprint density at radius 2 is 2.17 bits per heavy atom. The minimum absolute atomic E-state index is 0.232. The number of hydrogen-bond donors (Lipinski definition) is 3. The van der Waals surface area contributed by atoms with E-state index in [1.54, 1.807) is 6.20 Å². The number of aliphatic carboxylic acids is 1. The largest absolute Gasteiger partial charge is 0.480 e. The highest BCUT2D eigenvalue weighted by Gasteiger charge is 2.25. The summed E-state index contributed by atoms with van der Waals surface area (Å²) in [6, 6.07) is 4.81. The van der Waals surface area contributed by atoms with Crippen molar-refractivity contribution in [1.29, 1.82) is 0 Å². The van der Waals surface area contributed by atoms with Gasteiger partial charge in [0.2, 0.25) is 5.91 Å². The number of fused-ring (bicyclic) bond motifs is 1. The van der Waals surface area contributed by atoms with Crippen molar-refractivity contribution in [2.24, 2.45) is 0 Å². The van der Waals surface area contributed by atoms with E-state index < -0.39 is 12.0 Å². The van der Waals surface area contributed by atoms with Crippen LogP contribution in [-0.2, 0) is 16.0 Å². The lowest BCUT2D eigenvalue weighted by Gasteiger charge is -2.15. The number of carbonyl (C=O) groups excluding carboxylic acids is 1. The first kappa shape index (κ1) is 16.8. The maximum absolute atomic E-state index is 12.4. The Bertz CT molecular complexity index is 838. The fraction of sp³-hybridized carbons (Fsp3) is 0.333. The molecule has 0 spiro atoms. The molecule has 5 nitrogen and oxygen atoms in total. The van der Waals surface area contributed by atoms with Gasteiger partial charge in [0.05, 0.1) is 0 Å². The van der Waals surface area contributed by atoms with E-state index >= 15 is 0 Å². The van der Waals surface area contributed by atoms with Gasteiger partial charge in [-0.05, 0) is 43.9 Å². The third-order valence-corrected chi connectivity index (χ3v) is 5.19. The maximum atomic E-state index is 12.4. The summed E-state index contributed by atoms with van der Waals surface area (Å²) in [6.07, 6.45) is 4.63. The molecular weight excluding hydrogens is 372 g/mol. The molecule has 1 aliphatic carbocycles. The molecule has 0 aliphatic heterocycles. The maximum Gasteiger partial charge on any atom is 0.326 e. The normalized spacial score (nSPS) is 15.8. The fourth-order valence-electron chi connectivity index (χ4n) is 3.24. The van der Waals surface area contributed by atoms with Gasteiger partial charge in [0.15, 0.2) is 0 Å². The van der Waals surface area contributed by atoms with E-state index in [0.29, 0.717) is 0 Å². The Balaban J connectivity index is 1.83. The van der Waals surface area contributed by atoms with Gasteiger partial charge < -0.3 is 15.4 Å². The van der Waals surface area contributed by atoms with Crippen molar-refractivity contribution in [2.75, 3.05) is 0 Å². The zero-order chi connectivity index (χ0) is 17.3. The van der Waals surface area contributed by atoms with Crippen LogP contribution in [-0.4, -0.2) is 28.0 Å². The van der Waals surface area contributed by atoms with E-state index in [1.165, 1.54) is 0 Å². The summed E-state index contributed by atoms with van der Waals surface area (Å²) in [5.41, 5.74) is 3.60. The quantitative estimate of drug-likeness (QED) is 0.729. The summed E-state index contributed by atoms with van der Waals surface area (Å²) in [6.45, 7) is 1.94. The monoisotopic (exact) mass is 390 g/mol. The number of allylic oxidation sites excluding steroid dienone is 1. The molecule has 1 aromatic heterocycles. The third kappa shape index (κ3) is 3.24. The van der Waals surface area contributed by atoms with Crippen LogP contribution in [0.25, 0.3) is 10.9 Å². The van der Waals surface area contributed by atoms with E-state index in [4.69, 9.17) is 0 Å². The lowest BCUT2D eigenvalue weighted by atomic mass is 10.0. The van der Waals surface area contributed by atoms with Crippen molar-refractivity contribution in [1.82, 2.24) is 10.3 Å². The van der Waals surface area contributed by atoms with Gasteiger partial charge in [0.25, 0.3) is 0 Å². The van der Waals surface area contributed by atoms with Crippen LogP contribution in [0, 0.1) is 0 Å². The number of hydrogen-bond acceptors (Lipinski definition) is 2. The summed E-state index contributed by atoms with van der Waals surface area (Å²) in [5.74, 6) is -1.28. The Morgan fingerprint density at radius 3 is 2.83 bits per heavy atom. The highest BCUT2D eigenvalue weighted by Crippen LogP contribution is 2.28. The molecule has 6 heteroatoms. The molecule has 126 valence electrons. The molecule has 0 radical (unpaired) electrons. The number of H-pyrrole nitrogens is 1. The van der Waals surface area contributed by atoms with Gasteiger partial charge in [-0.2, -0.15) is 0 Å². The molecule has 3 rings (SSSR count). The summed E-state index contributed by atoms with van der Waals surface area (Å²) in [7, 11) is 0. The van der Waals surface area contributed by atoms with Crippen LogP contribution in [0.1, 0.15) is 31.7 Å². The molecule has 0 saturated heterocycles. The molecule has 1 unspecified atom stereocenters. The average Bonchev–Trinajstić information content (AvgIpc) is 3.13. The molecule has 1 heterocycles. The standard InChI is InChI=1S/C18H19BrN2O3/c1-10-4-2-5-12(10)17(22)21-15(18(23)24)8-11-9-20-14-7-3-6-13(19)16(11)14/h3,6-7,9,15,20H,2,4-5,8H2,1H3,(H,21,22)(H,23,24). The SMILES string of the molecule is CC1=C(C(=O)NC(Cc2c[nH]c3cccc(Br)c23)C(=O)O)CCC1. The predicted molar refractivity (Wildman–Crippen MR) is 95.8 cm³/mol. The van der Waals surface area contributed by atoms with E-state index in [1.807, 2.05) is 25.1 Å². The lowest BCUT2D eigenvalue weighted by Crippen LogP contribution is -2.42. The zero-order valence-corrected chi connectivity index (χ0v) is 14.9. The van der Waals surface area contributed by atoms with Crippen molar-refractivity contribution in [3.8, 4) is 0 Å². The number of rotatable bonds is 5. The van der Waals surface area contributed by atoms with Gasteiger partial charge in [-0.1, -0.05) is 27.6 Å². The second kappa shape index (κ2) is 6.81. The first-order valence-corrected chi connectivity index (χ1v) is 8.73. The summed E-state index contributed by atoms with van der Waals surface area (Å²) < 4.78 is 0.904. The molecule has 2 aromatic rings. The first-order chi connectivity index (χ1) is 11.5. The molecule has 0 fully saturated rings. The van der Waals surface area contributed by atoms with Crippen LogP contribution >= 0.6 is 15.9 Å².